The van der Waals surface area contributed by atoms with Crippen molar-refractivity contribution in [3.8, 4) is 0 Å². The normalized spacial score (nSPS) is 42.1. The third-order valence-electron chi connectivity index (χ3n) is 2.10. The van der Waals surface area contributed by atoms with E-state index in [9.17, 15) is 8.42 Å². The van der Waals surface area contributed by atoms with Gasteiger partial charge in [-0.05, 0) is 12.8 Å². The van der Waals surface area contributed by atoms with Gasteiger partial charge in [0.05, 0.1) is 18.5 Å². The Bertz CT molecular complexity index is 251. The number of rotatable bonds is 2. The van der Waals surface area contributed by atoms with E-state index < -0.39 is 10.0 Å². The zero-order valence-corrected chi connectivity index (χ0v) is 7.10. The Labute approximate surface area is 66.0 Å². The lowest BCUT2D eigenvalue weighted by atomic mass is 10.3. The lowest BCUT2D eigenvalue weighted by Crippen LogP contribution is -2.33. The fraction of sp³-hybridized carbons (Fsp3) is 1.00. The molecule has 0 aromatic carbocycles. The van der Waals surface area contributed by atoms with Crippen molar-refractivity contribution in [2.45, 2.75) is 31.1 Å². The number of hydrogen-bond donors (Lipinski definition) is 1. The predicted molar refractivity (Wildman–Crippen MR) is 39.7 cm³/mol. The summed E-state index contributed by atoms with van der Waals surface area (Å²) in [6.07, 6.45) is 3.57. The van der Waals surface area contributed by atoms with Crippen molar-refractivity contribution in [1.29, 1.82) is 0 Å². The molecule has 1 aliphatic heterocycles. The standard InChI is InChI=1S/C6H11NO3S/c1-11(8,9)7-4-2-5-6(3-4)10-5/h4-7H,2-3H2,1H3/t4?,5-,6+. The molecule has 0 amide bonds. The number of fused-ring (bicyclic) bond motifs is 1. The van der Waals surface area contributed by atoms with Gasteiger partial charge in [-0.25, -0.2) is 13.1 Å². The van der Waals surface area contributed by atoms with Crippen molar-refractivity contribution in [2.24, 2.45) is 0 Å². The third-order valence-corrected chi connectivity index (χ3v) is 2.86. The summed E-state index contributed by atoms with van der Waals surface area (Å²) in [7, 11) is -3.02. The summed E-state index contributed by atoms with van der Waals surface area (Å²) in [4.78, 5) is 0. The van der Waals surface area contributed by atoms with Crippen LogP contribution in [0.5, 0.6) is 0 Å². The van der Waals surface area contributed by atoms with E-state index in [4.69, 9.17) is 4.74 Å². The van der Waals surface area contributed by atoms with Crippen LogP contribution < -0.4 is 4.72 Å². The summed E-state index contributed by atoms with van der Waals surface area (Å²) in [5.41, 5.74) is 0. The van der Waals surface area contributed by atoms with Crippen molar-refractivity contribution < 1.29 is 13.2 Å². The molecule has 1 saturated carbocycles. The molecule has 1 unspecified atom stereocenters. The topological polar surface area (TPSA) is 58.7 Å². The minimum absolute atomic E-state index is 0.119. The molecular formula is C6H11NO3S. The fourth-order valence-corrected chi connectivity index (χ4v) is 2.45. The zero-order chi connectivity index (χ0) is 8.06. The molecule has 5 heteroatoms. The molecule has 0 aromatic rings. The summed E-state index contributed by atoms with van der Waals surface area (Å²) >= 11 is 0. The molecule has 64 valence electrons. The van der Waals surface area contributed by atoms with E-state index in [-0.39, 0.29) is 6.04 Å². The second-order valence-corrected chi connectivity index (χ2v) is 5.05. The Kier molecular flexibility index (Phi) is 1.49. The maximum atomic E-state index is 10.8. The van der Waals surface area contributed by atoms with E-state index >= 15 is 0 Å². The van der Waals surface area contributed by atoms with Gasteiger partial charge < -0.3 is 4.74 Å². The first-order valence-electron chi connectivity index (χ1n) is 3.67. The molecule has 2 aliphatic rings. The van der Waals surface area contributed by atoms with Crippen LogP contribution in [0.2, 0.25) is 0 Å². The Morgan fingerprint density at radius 3 is 2.36 bits per heavy atom. The molecule has 0 aromatic heterocycles. The number of ether oxygens (including phenoxy) is 1. The van der Waals surface area contributed by atoms with E-state index in [0.717, 1.165) is 12.8 Å². The molecule has 0 bridgehead atoms. The second-order valence-electron chi connectivity index (χ2n) is 3.27. The van der Waals surface area contributed by atoms with Crippen molar-refractivity contribution in [1.82, 2.24) is 4.72 Å². The van der Waals surface area contributed by atoms with Crippen LogP contribution in [-0.4, -0.2) is 32.9 Å². The average molecular weight is 177 g/mol. The van der Waals surface area contributed by atoms with Crippen LogP contribution >= 0.6 is 0 Å². The molecule has 1 heterocycles. The molecule has 1 aliphatic carbocycles. The van der Waals surface area contributed by atoms with E-state index in [1.165, 1.54) is 6.26 Å². The number of epoxide rings is 1. The maximum absolute atomic E-state index is 10.8. The largest absolute Gasteiger partial charge is 0.369 e. The number of nitrogens with one attached hydrogen (secondary N) is 1. The van der Waals surface area contributed by atoms with Gasteiger partial charge in [0.15, 0.2) is 0 Å². The summed E-state index contributed by atoms with van der Waals surface area (Å²) in [6.45, 7) is 0. The number of hydrogen-bond acceptors (Lipinski definition) is 3. The molecule has 1 N–H and O–H groups in total. The van der Waals surface area contributed by atoms with Crippen LogP contribution in [0.25, 0.3) is 0 Å². The zero-order valence-electron chi connectivity index (χ0n) is 6.28. The minimum atomic E-state index is -3.02. The highest BCUT2D eigenvalue weighted by Gasteiger charge is 2.48. The molecule has 0 radical (unpaired) electrons. The van der Waals surface area contributed by atoms with Crippen LogP contribution in [0.3, 0.4) is 0 Å². The highest BCUT2D eigenvalue weighted by Crippen LogP contribution is 2.38. The molecule has 4 nitrogen and oxygen atoms in total. The lowest BCUT2D eigenvalue weighted by molar-refractivity contribution is 0.298. The van der Waals surface area contributed by atoms with Gasteiger partial charge >= 0.3 is 0 Å². The highest BCUT2D eigenvalue weighted by molar-refractivity contribution is 7.88. The first-order chi connectivity index (χ1) is 5.04. The van der Waals surface area contributed by atoms with Crippen molar-refractivity contribution in [3.05, 3.63) is 0 Å². The smallest absolute Gasteiger partial charge is 0.208 e. The van der Waals surface area contributed by atoms with Crippen molar-refractivity contribution in [2.75, 3.05) is 6.26 Å². The Balaban J connectivity index is 1.89. The molecule has 2 rings (SSSR count). The Hall–Kier alpha value is -0.130. The molecule has 11 heavy (non-hydrogen) atoms. The van der Waals surface area contributed by atoms with Crippen molar-refractivity contribution >= 4 is 10.0 Å². The van der Waals surface area contributed by atoms with Gasteiger partial charge in [0.2, 0.25) is 10.0 Å². The van der Waals surface area contributed by atoms with Crippen LogP contribution in [0.1, 0.15) is 12.8 Å². The first kappa shape index (κ1) is 7.52. The molecule has 1 saturated heterocycles. The summed E-state index contributed by atoms with van der Waals surface area (Å²) < 4.78 is 29.2. The van der Waals surface area contributed by atoms with Gasteiger partial charge in [0.25, 0.3) is 0 Å². The van der Waals surface area contributed by atoms with Crippen molar-refractivity contribution in [3.63, 3.8) is 0 Å². The molecule has 0 spiro atoms. The first-order valence-corrected chi connectivity index (χ1v) is 5.56. The third kappa shape index (κ3) is 1.72. The van der Waals surface area contributed by atoms with Crippen LogP contribution in [0.15, 0.2) is 0 Å². The monoisotopic (exact) mass is 177 g/mol. The molecule has 2 fully saturated rings. The van der Waals surface area contributed by atoms with Gasteiger partial charge in [-0.3, -0.25) is 0 Å². The van der Waals surface area contributed by atoms with Crippen LogP contribution in [0.4, 0.5) is 0 Å². The Morgan fingerprint density at radius 1 is 1.36 bits per heavy atom. The summed E-state index contributed by atoms with van der Waals surface area (Å²) in [5.74, 6) is 0. The Morgan fingerprint density at radius 2 is 1.91 bits per heavy atom. The van der Waals surface area contributed by atoms with Gasteiger partial charge in [0.1, 0.15) is 0 Å². The van der Waals surface area contributed by atoms with Gasteiger partial charge in [0, 0.05) is 6.04 Å². The summed E-state index contributed by atoms with van der Waals surface area (Å²) in [5, 5.41) is 0. The quantitative estimate of drug-likeness (QED) is 0.577. The van der Waals surface area contributed by atoms with E-state index in [1.807, 2.05) is 0 Å². The maximum Gasteiger partial charge on any atom is 0.208 e. The van der Waals surface area contributed by atoms with E-state index in [0.29, 0.717) is 12.2 Å². The lowest BCUT2D eigenvalue weighted by Gasteiger charge is -2.10. The van der Waals surface area contributed by atoms with Gasteiger partial charge in [-0.1, -0.05) is 0 Å². The summed E-state index contributed by atoms with van der Waals surface area (Å²) in [6, 6.07) is 0.119. The van der Waals surface area contributed by atoms with Gasteiger partial charge in [-0.15, -0.1) is 0 Å². The average Bonchev–Trinajstić information content (AvgIpc) is 2.36. The van der Waals surface area contributed by atoms with Crippen LogP contribution in [-0.2, 0) is 14.8 Å². The molecular weight excluding hydrogens is 166 g/mol. The van der Waals surface area contributed by atoms with E-state index in [1.54, 1.807) is 0 Å². The predicted octanol–water partition coefficient (Wildman–Crippen LogP) is -0.535. The fourth-order valence-electron chi connectivity index (χ4n) is 1.65. The van der Waals surface area contributed by atoms with E-state index in [2.05, 4.69) is 4.72 Å². The highest BCUT2D eigenvalue weighted by atomic mass is 32.2. The van der Waals surface area contributed by atoms with Gasteiger partial charge in [-0.2, -0.15) is 0 Å². The second kappa shape index (κ2) is 2.18. The molecule has 3 atom stereocenters. The van der Waals surface area contributed by atoms with Crippen LogP contribution in [0, 0.1) is 0 Å². The SMILES string of the molecule is CS(=O)(=O)NC1C[C@@H]2O[C@@H]2C1. The minimum Gasteiger partial charge on any atom is -0.369 e. The number of sulfonamides is 1.